The third-order valence-corrected chi connectivity index (χ3v) is 7.70. The Hall–Kier alpha value is -4.39. The largest absolute Gasteiger partial charge is 0.444 e. The van der Waals surface area contributed by atoms with E-state index in [-0.39, 0.29) is 24.9 Å². The number of nitrogens with zero attached hydrogens (tertiary/aromatic N) is 1. The molecule has 1 aliphatic heterocycles. The second-order valence-corrected chi connectivity index (χ2v) is 12.0. The first-order chi connectivity index (χ1) is 20.2. The molecule has 2 atom stereocenters. The smallest absolute Gasteiger partial charge is 0.410 e. The van der Waals surface area contributed by atoms with E-state index in [0.717, 1.165) is 21.9 Å². The highest BCUT2D eigenvalue weighted by Crippen LogP contribution is 2.26. The fourth-order valence-corrected chi connectivity index (χ4v) is 5.52. The summed E-state index contributed by atoms with van der Waals surface area (Å²) < 4.78 is 5.55. The molecule has 1 fully saturated rings. The standard InChI is InChI=1S/C35H39N3O4/c1-35(2,3)42-34(41)38-22-30(32(39)36-18-16-24-12-14-26-8-4-6-10-28(26)20-24)31(23-38)33(40)37-19-17-25-13-15-27-9-5-7-11-29(27)21-25/h4-15,20-21,30-31H,16-19,22-23H2,1-3H3,(H,36,39)(H,37,40)/t30-,31-/m1/s1. The quantitative estimate of drug-likeness (QED) is 0.296. The van der Waals surface area contributed by atoms with Crippen molar-refractivity contribution in [2.45, 2.75) is 39.2 Å². The molecule has 0 spiro atoms. The minimum absolute atomic E-state index is 0.138. The Bertz CT molecular complexity index is 1490. The van der Waals surface area contributed by atoms with Crippen LogP contribution in [0.4, 0.5) is 4.79 Å². The van der Waals surface area contributed by atoms with Crippen molar-refractivity contribution in [1.82, 2.24) is 15.5 Å². The van der Waals surface area contributed by atoms with Crippen LogP contribution in [0, 0.1) is 11.8 Å². The van der Waals surface area contributed by atoms with Crippen molar-refractivity contribution in [1.29, 1.82) is 0 Å². The molecule has 5 rings (SSSR count). The van der Waals surface area contributed by atoms with E-state index in [1.165, 1.54) is 15.7 Å². The maximum atomic E-state index is 13.4. The lowest BCUT2D eigenvalue weighted by Crippen LogP contribution is -2.42. The van der Waals surface area contributed by atoms with Gasteiger partial charge in [0.25, 0.3) is 0 Å². The van der Waals surface area contributed by atoms with Crippen molar-refractivity contribution in [3.8, 4) is 0 Å². The Kier molecular flexibility index (Phi) is 8.76. The Morgan fingerprint density at radius 2 is 1.12 bits per heavy atom. The third kappa shape index (κ3) is 7.27. The van der Waals surface area contributed by atoms with Gasteiger partial charge >= 0.3 is 6.09 Å². The molecule has 0 unspecified atom stereocenters. The molecular formula is C35H39N3O4. The fourth-order valence-electron chi connectivity index (χ4n) is 5.52. The van der Waals surface area contributed by atoms with Crippen LogP contribution in [0.15, 0.2) is 84.9 Å². The zero-order chi connectivity index (χ0) is 29.7. The van der Waals surface area contributed by atoms with Crippen LogP contribution in [0.1, 0.15) is 31.9 Å². The second kappa shape index (κ2) is 12.6. The molecule has 1 heterocycles. The summed E-state index contributed by atoms with van der Waals surface area (Å²) in [5.41, 5.74) is 1.58. The Labute approximate surface area is 247 Å². The van der Waals surface area contributed by atoms with Gasteiger partial charge in [0.2, 0.25) is 11.8 Å². The summed E-state index contributed by atoms with van der Waals surface area (Å²) >= 11 is 0. The Morgan fingerprint density at radius 3 is 1.55 bits per heavy atom. The fraction of sp³-hybridized carbons (Fsp3) is 0.343. The average molecular weight is 566 g/mol. The van der Waals surface area contributed by atoms with Gasteiger partial charge < -0.3 is 20.3 Å². The van der Waals surface area contributed by atoms with Gasteiger partial charge in [0, 0.05) is 26.2 Å². The van der Waals surface area contributed by atoms with Gasteiger partial charge in [0.15, 0.2) is 0 Å². The van der Waals surface area contributed by atoms with E-state index < -0.39 is 23.5 Å². The lowest BCUT2D eigenvalue weighted by atomic mass is 9.94. The zero-order valence-corrected chi connectivity index (χ0v) is 24.6. The molecule has 0 bridgehead atoms. The van der Waals surface area contributed by atoms with Gasteiger partial charge in [-0.15, -0.1) is 0 Å². The SMILES string of the molecule is CC(C)(C)OC(=O)N1C[C@@H](C(=O)NCCc2ccc3ccccc3c2)[C@H](C(=O)NCCc2ccc3ccccc3c2)C1. The highest BCUT2D eigenvalue weighted by atomic mass is 16.6. The van der Waals surface area contributed by atoms with Gasteiger partial charge in [-0.05, 0) is 66.3 Å². The highest BCUT2D eigenvalue weighted by Gasteiger charge is 2.44. The lowest BCUT2D eigenvalue weighted by molar-refractivity contribution is -0.132. The summed E-state index contributed by atoms with van der Waals surface area (Å²) in [5.74, 6) is -1.77. The van der Waals surface area contributed by atoms with E-state index in [4.69, 9.17) is 4.74 Å². The van der Waals surface area contributed by atoms with Crippen LogP contribution in [-0.4, -0.2) is 54.6 Å². The van der Waals surface area contributed by atoms with Crippen molar-refractivity contribution in [2.75, 3.05) is 26.2 Å². The Balaban J connectivity index is 1.20. The lowest BCUT2D eigenvalue weighted by Gasteiger charge is -2.24. The number of hydrogen-bond acceptors (Lipinski definition) is 4. The number of nitrogens with one attached hydrogen (secondary N) is 2. The topological polar surface area (TPSA) is 87.7 Å². The molecule has 0 aromatic heterocycles. The molecule has 1 aliphatic rings. The van der Waals surface area contributed by atoms with E-state index >= 15 is 0 Å². The van der Waals surface area contributed by atoms with Crippen molar-refractivity contribution in [2.24, 2.45) is 11.8 Å². The minimum Gasteiger partial charge on any atom is -0.444 e. The van der Waals surface area contributed by atoms with Gasteiger partial charge in [0.05, 0.1) is 11.8 Å². The molecule has 4 aromatic carbocycles. The highest BCUT2D eigenvalue weighted by molar-refractivity contribution is 5.90. The molecule has 42 heavy (non-hydrogen) atoms. The summed E-state index contributed by atoms with van der Waals surface area (Å²) in [6.07, 6.45) is 0.826. The molecule has 7 heteroatoms. The molecule has 218 valence electrons. The number of amides is 3. The predicted molar refractivity (Wildman–Crippen MR) is 166 cm³/mol. The van der Waals surface area contributed by atoms with Gasteiger partial charge in [0.1, 0.15) is 5.60 Å². The van der Waals surface area contributed by atoms with Gasteiger partial charge in [-0.25, -0.2) is 4.79 Å². The first kappa shape index (κ1) is 29.1. The first-order valence-corrected chi connectivity index (χ1v) is 14.6. The monoisotopic (exact) mass is 565 g/mol. The number of fused-ring (bicyclic) bond motifs is 2. The van der Waals surface area contributed by atoms with Crippen LogP contribution < -0.4 is 10.6 Å². The number of hydrogen-bond donors (Lipinski definition) is 2. The van der Waals surface area contributed by atoms with Crippen molar-refractivity contribution in [3.05, 3.63) is 96.1 Å². The Morgan fingerprint density at radius 1 is 0.690 bits per heavy atom. The van der Waals surface area contributed by atoms with Crippen LogP contribution in [-0.2, 0) is 27.2 Å². The van der Waals surface area contributed by atoms with E-state index in [9.17, 15) is 14.4 Å². The maximum Gasteiger partial charge on any atom is 0.410 e. The number of carbonyl (C=O) groups is 3. The molecule has 4 aromatic rings. The number of benzene rings is 4. The second-order valence-electron chi connectivity index (χ2n) is 12.0. The van der Waals surface area contributed by atoms with Crippen LogP contribution in [0.25, 0.3) is 21.5 Å². The number of carbonyl (C=O) groups excluding carboxylic acids is 3. The summed E-state index contributed by atoms with van der Waals surface area (Å²) in [4.78, 5) is 41.1. The van der Waals surface area contributed by atoms with E-state index in [0.29, 0.717) is 25.9 Å². The molecule has 0 radical (unpaired) electrons. The number of rotatable bonds is 8. The third-order valence-electron chi connectivity index (χ3n) is 7.70. The molecule has 1 saturated heterocycles. The van der Waals surface area contributed by atoms with Crippen LogP contribution in [0.3, 0.4) is 0 Å². The molecule has 7 nitrogen and oxygen atoms in total. The van der Waals surface area contributed by atoms with Crippen LogP contribution >= 0.6 is 0 Å². The van der Waals surface area contributed by atoms with E-state index in [1.54, 1.807) is 20.8 Å². The minimum atomic E-state index is -0.672. The van der Waals surface area contributed by atoms with E-state index in [1.807, 2.05) is 24.3 Å². The normalized spacial score (nSPS) is 16.9. The molecular weight excluding hydrogens is 526 g/mol. The zero-order valence-electron chi connectivity index (χ0n) is 24.6. The van der Waals surface area contributed by atoms with Crippen molar-refractivity contribution < 1.29 is 19.1 Å². The maximum absolute atomic E-state index is 13.4. The van der Waals surface area contributed by atoms with Gasteiger partial charge in [-0.2, -0.15) is 0 Å². The van der Waals surface area contributed by atoms with Crippen LogP contribution in [0.2, 0.25) is 0 Å². The van der Waals surface area contributed by atoms with Gasteiger partial charge in [-0.3, -0.25) is 9.59 Å². The van der Waals surface area contributed by atoms with Crippen LogP contribution in [0.5, 0.6) is 0 Å². The van der Waals surface area contributed by atoms with Crippen molar-refractivity contribution >= 4 is 39.5 Å². The summed E-state index contributed by atoms with van der Waals surface area (Å²) in [6.45, 7) is 6.56. The summed E-state index contributed by atoms with van der Waals surface area (Å²) in [6, 6.07) is 28.9. The number of likely N-dealkylation sites (tertiary alicyclic amines) is 1. The number of ether oxygens (including phenoxy) is 1. The summed E-state index contributed by atoms with van der Waals surface area (Å²) in [7, 11) is 0. The summed E-state index contributed by atoms with van der Waals surface area (Å²) in [5, 5.41) is 10.7. The van der Waals surface area contributed by atoms with Gasteiger partial charge in [-0.1, -0.05) is 84.9 Å². The average Bonchev–Trinajstić information content (AvgIpc) is 3.42. The first-order valence-electron chi connectivity index (χ1n) is 14.6. The molecule has 0 aliphatic carbocycles. The molecule has 2 N–H and O–H groups in total. The molecule has 0 saturated carbocycles. The van der Waals surface area contributed by atoms with E-state index in [2.05, 4.69) is 71.3 Å². The molecule has 3 amide bonds. The van der Waals surface area contributed by atoms with Crippen molar-refractivity contribution in [3.63, 3.8) is 0 Å². The predicted octanol–water partition coefficient (Wildman–Crippen LogP) is 5.49.